The maximum absolute atomic E-state index is 9.82. The zero-order valence-corrected chi connectivity index (χ0v) is 7.47. The maximum Gasteiger partial charge on any atom is 0.302 e. The summed E-state index contributed by atoms with van der Waals surface area (Å²) in [7, 11) is 6.00. The summed E-state index contributed by atoms with van der Waals surface area (Å²) in [6.07, 6.45) is 0. The van der Waals surface area contributed by atoms with Gasteiger partial charge >= 0.3 is 5.97 Å². The van der Waals surface area contributed by atoms with E-state index in [1.807, 2.05) is 26.0 Å². The summed E-state index contributed by atoms with van der Waals surface area (Å²) in [5.41, 5.74) is 0. The highest BCUT2D eigenvalue weighted by molar-refractivity contribution is 5.65. The van der Waals surface area contributed by atoms with Gasteiger partial charge in [0.2, 0.25) is 0 Å². The van der Waals surface area contributed by atoms with E-state index in [1.54, 1.807) is 6.92 Å². The van der Waals surface area contributed by atoms with Gasteiger partial charge in [-0.3, -0.25) is 4.79 Å². The summed E-state index contributed by atoms with van der Waals surface area (Å²) < 4.78 is 4.40. The first-order valence-corrected chi connectivity index (χ1v) is 3.25. The van der Waals surface area contributed by atoms with Gasteiger partial charge in [0.1, 0.15) is 0 Å². The van der Waals surface area contributed by atoms with Gasteiger partial charge in [-0.2, -0.15) is 0 Å². The standard InChI is InChI=1S/C4H8O2.C3H9N/c1-3-6-4(2)5;1-4(2)3/h3H2,1-2H3;1-3H3. The zero-order chi connectivity index (χ0) is 8.57. The Morgan fingerprint density at radius 2 is 1.70 bits per heavy atom. The second kappa shape index (κ2) is 8.43. The van der Waals surface area contributed by atoms with E-state index in [2.05, 4.69) is 4.74 Å². The molecule has 0 N–H and O–H groups in total. The van der Waals surface area contributed by atoms with Gasteiger partial charge in [-0.25, -0.2) is 0 Å². The molecule has 0 rings (SSSR count). The molecule has 0 aromatic rings. The van der Waals surface area contributed by atoms with Gasteiger partial charge in [0.15, 0.2) is 0 Å². The highest BCUT2D eigenvalue weighted by Crippen LogP contribution is 1.69. The van der Waals surface area contributed by atoms with Crippen molar-refractivity contribution in [2.24, 2.45) is 0 Å². The van der Waals surface area contributed by atoms with Crippen LogP contribution in [0.15, 0.2) is 0 Å². The minimum Gasteiger partial charge on any atom is -0.466 e. The predicted molar refractivity (Wildman–Crippen MR) is 41.9 cm³/mol. The first kappa shape index (κ1) is 12.1. The first-order chi connectivity index (χ1) is 4.50. The molecule has 0 bridgehead atoms. The number of carbonyl (C=O) groups excluding carboxylic acids is 1. The minimum absolute atomic E-state index is 0.211. The van der Waals surface area contributed by atoms with Crippen LogP contribution < -0.4 is 0 Å². The van der Waals surface area contributed by atoms with E-state index >= 15 is 0 Å². The van der Waals surface area contributed by atoms with Gasteiger partial charge in [0.05, 0.1) is 6.61 Å². The molecule has 0 aromatic heterocycles. The van der Waals surface area contributed by atoms with E-state index in [-0.39, 0.29) is 5.97 Å². The summed E-state index contributed by atoms with van der Waals surface area (Å²) in [6.45, 7) is 3.65. The Labute approximate surface area is 63.0 Å². The highest BCUT2D eigenvalue weighted by atomic mass is 16.5. The van der Waals surface area contributed by atoms with Gasteiger partial charge in [0, 0.05) is 6.92 Å². The molecular formula is C7H17NO2. The Kier molecular flexibility index (Phi) is 10.2. The smallest absolute Gasteiger partial charge is 0.302 e. The largest absolute Gasteiger partial charge is 0.466 e. The minimum atomic E-state index is -0.211. The van der Waals surface area contributed by atoms with Crippen molar-refractivity contribution >= 4 is 5.97 Å². The van der Waals surface area contributed by atoms with E-state index in [0.717, 1.165) is 0 Å². The molecule has 0 atom stereocenters. The Balaban J connectivity index is 0. The van der Waals surface area contributed by atoms with Crippen LogP contribution in [0.1, 0.15) is 13.8 Å². The second-order valence-corrected chi connectivity index (χ2v) is 2.27. The lowest BCUT2D eigenvalue weighted by Gasteiger charge is -1.90. The molecule has 0 heterocycles. The third kappa shape index (κ3) is 52.0. The fourth-order valence-electron chi connectivity index (χ4n) is 0.203. The Bertz CT molecular complexity index is 78.9. The molecule has 0 fully saturated rings. The molecule has 0 radical (unpaired) electrons. The van der Waals surface area contributed by atoms with Crippen LogP contribution in [0.4, 0.5) is 0 Å². The average Bonchev–Trinajstić information content (AvgIpc) is 1.62. The topological polar surface area (TPSA) is 29.5 Å². The molecule has 0 unspecified atom stereocenters. The molecule has 0 saturated heterocycles. The van der Waals surface area contributed by atoms with Crippen LogP contribution in [0.5, 0.6) is 0 Å². The van der Waals surface area contributed by atoms with Gasteiger partial charge in [0.25, 0.3) is 0 Å². The molecule has 0 aliphatic carbocycles. The van der Waals surface area contributed by atoms with Crippen LogP contribution in [0.25, 0.3) is 0 Å². The first-order valence-electron chi connectivity index (χ1n) is 3.25. The number of esters is 1. The molecule has 0 spiro atoms. The fraction of sp³-hybridized carbons (Fsp3) is 0.857. The predicted octanol–water partition coefficient (Wildman–Crippen LogP) is 0.747. The van der Waals surface area contributed by atoms with E-state index in [0.29, 0.717) is 6.61 Å². The Morgan fingerprint density at radius 1 is 1.40 bits per heavy atom. The molecule has 0 aliphatic heterocycles. The summed E-state index contributed by atoms with van der Waals surface area (Å²) >= 11 is 0. The SMILES string of the molecule is CCOC(C)=O.CN(C)C. The van der Waals surface area contributed by atoms with Crippen LogP contribution in [-0.2, 0) is 9.53 Å². The maximum atomic E-state index is 9.82. The van der Waals surface area contributed by atoms with Gasteiger partial charge in [-0.15, -0.1) is 0 Å². The van der Waals surface area contributed by atoms with Crippen molar-refractivity contribution < 1.29 is 9.53 Å². The van der Waals surface area contributed by atoms with Crippen LogP contribution in [-0.4, -0.2) is 38.6 Å². The highest BCUT2D eigenvalue weighted by Gasteiger charge is 1.81. The summed E-state index contributed by atoms with van der Waals surface area (Å²) in [6, 6.07) is 0. The van der Waals surface area contributed by atoms with E-state index in [1.165, 1.54) is 6.92 Å². The Hall–Kier alpha value is -0.570. The third-order valence-electron chi connectivity index (χ3n) is 0.348. The van der Waals surface area contributed by atoms with E-state index in [9.17, 15) is 4.79 Å². The number of rotatable bonds is 1. The second-order valence-electron chi connectivity index (χ2n) is 2.27. The van der Waals surface area contributed by atoms with Crippen molar-refractivity contribution in [3.8, 4) is 0 Å². The molecule has 0 amide bonds. The lowest BCUT2D eigenvalue weighted by atomic mass is 10.8. The lowest BCUT2D eigenvalue weighted by molar-refractivity contribution is -0.140. The van der Waals surface area contributed by atoms with Crippen molar-refractivity contribution in [3.05, 3.63) is 0 Å². The van der Waals surface area contributed by atoms with Crippen molar-refractivity contribution in [1.82, 2.24) is 4.90 Å². The molecule has 0 saturated carbocycles. The summed E-state index contributed by atoms with van der Waals surface area (Å²) in [5, 5.41) is 0. The monoisotopic (exact) mass is 147 g/mol. The lowest BCUT2D eigenvalue weighted by Crippen LogP contribution is -1.99. The number of hydrogen-bond acceptors (Lipinski definition) is 3. The van der Waals surface area contributed by atoms with E-state index in [4.69, 9.17) is 0 Å². The number of hydrogen-bond donors (Lipinski definition) is 0. The van der Waals surface area contributed by atoms with Crippen LogP contribution in [0.2, 0.25) is 0 Å². The van der Waals surface area contributed by atoms with Crippen molar-refractivity contribution in [2.75, 3.05) is 27.7 Å². The van der Waals surface area contributed by atoms with Crippen molar-refractivity contribution in [3.63, 3.8) is 0 Å². The molecule has 0 aliphatic rings. The number of carbonyl (C=O) groups is 1. The molecule has 62 valence electrons. The summed E-state index contributed by atoms with van der Waals surface area (Å²) in [5.74, 6) is -0.211. The van der Waals surface area contributed by atoms with Gasteiger partial charge in [-0.05, 0) is 28.1 Å². The third-order valence-corrected chi connectivity index (χ3v) is 0.348. The number of ether oxygens (including phenoxy) is 1. The van der Waals surface area contributed by atoms with Crippen LogP contribution in [0.3, 0.4) is 0 Å². The quantitative estimate of drug-likeness (QED) is 0.512. The molecular weight excluding hydrogens is 130 g/mol. The zero-order valence-electron chi connectivity index (χ0n) is 7.47. The van der Waals surface area contributed by atoms with Crippen molar-refractivity contribution in [1.29, 1.82) is 0 Å². The van der Waals surface area contributed by atoms with E-state index < -0.39 is 0 Å². The van der Waals surface area contributed by atoms with Crippen molar-refractivity contribution in [2.45, 2.75) is 13.8 Å². The average molecular weight is 147 g/mol. The van der Waals surface area contributed by atoms with Gasteiger partial charge in [-0.1, -0.05) is 0 Å². The molecule has 10 heavy (non-hydrogen) atoms. The van der Waals surface area contributed by atoms with Gasteiger partial charge < -0.3 is 9.64 Å². The molecule has 3 nitrogen and oxygen atoms in total. The van der Waals surface area contributed by atoms with Crippen LogP contribution >= 0.6 is 0 Å². The normalized spacial score (nSPS) is 8.20. The molecule has 3 heteroatoms. The Morgan fingerprint density at radius 3 is 1.70 bits per heavy atom. The van der Waals surface area contributed by atoms with Crippen LogP contribution in [0, 0.1) is 0 Å². The number of nitrogens with zero attached hydrogens (tertiary/aromatic N) is 1. The molecule has 0 aromatic carbocycles. The fourth-order valence-corrected chi connectivity index (χ4v) is 0.203. The summed E-state index contributed by atoms with van der Waals surface area (Å²) in [4.78, 5) is 11.8.